The van der Waals surface area contributed by atoms with Gasteiger partial charge in [-0.25, -0.2) is 0 Å². The molecule has 3 N–H and O–H groups in total. The van der Waals surface area contributed by atoms with Gasteiger partial charge in [-0.2, -0.15) is 0 Å². The number of carbonyl (C=O) groups excluding carboxylic acids is 1. The molecule has 0 fully saturated rings. The van der Waals surface area contributed by atoms with E-state index >= 15 is 0 Å². The molecule has 1 aromatic heterocycles. The van der Waals surface area contributed by atoms with Crippen LogP contribution in [0, 0.1) is 0 Å². The van der Waals surface area contributed by atoms with Crippen molar-refractivity contribution in [3.8, 4) is 16.9 Å². The first-order valence-electron chi connectivity index (χ1n) is 8.84. The Bertz CT molecular complexity index is 1130. The van der Waals surface area contributed by atoms with Crippen molar-refractivity contribution in [2.45, 2.75) is 6.23 Å². The molecule has 0 bridgehead atoms. The first-order chi connectivity index (χ1) is 13.6. The number of aromatic hydroxyl groups is 1. The molecule has 28 heavy (non-hydrogen) atoms. The van der Waals surface area contributed by atoms with Crippen LogP contribution in [0.25, 0.3) is 22.0 Å². The van der Waals surface area contributed by atoms with E-state index in [-0.39, 0.29) is 11.4 Å². The van der Waals surface area contributed by atoms with Crippen molar-refractivity contribution < 1.29 is 15.0 Å². The Hall–Kier alpha value is -3.70. The minimum Gasteiger partial charge on any atom is -0.504 e. The van der Waals surface area contributed by atoms with Crippen molar-refractivity contribution in [2.75, 3.05) is 5.32 Å². The lowest BCUT2D eigenvalue weighted by Gasteiger charge is -2.15. The highest BCUT2D eigenvalue weighted by Gasteiger charge is 2.19. The number of phenolic OH excluding ortho intramolecular Hbond substituents is 1. The maximum Gasteiger partial charge on any atom is 0.211 e. The number of hydrogen-bond acceptors (Lipinski definition) is 5. The van der Waals surface area contributed by atoms with Gasteiger partial charge in [-0.15, -0.1) is 0 Å². The summed E-state index contributed by atoms with van der Waals surface area (Å²) in [5.41, 5.74) is 3.05. The van der Waals surface area contributed by atoms with Crippen LogP contribution in [0.2, 0.25) is 0 Å². The zero-order chi connectivity index (χ0) is 19.5. The molecule has 0 saturated carbocycles. The summed E-state index contributed by atoms with van der Waals surface area (Å²) in [6.07, 6.45) is 0.0801. The van der Waals surface area contributed by atoms with E-state index in [1.54, 1.807) is 36.5 Å². The monoisotopic (exact) mass is 370 g/mol. The summed E-state index contributed by atoms with van der Waals surface area (Å²) in [6.45, 7) is 0. The van der Waals surface area contributed by atoms with Crippen molar-refractivity contribution >= 4 is 22.4 Å². The van der Waals surface area contributed by atoms with Gasteiger partial charge in [0.05, 0.1) is 5.69 Å². The largest absolute Gasteiger partial charge is 0.504 e. The highest BCUT2D eigenvalue weighted by molar-refractivity contribution is 6.01. The molecule has 0 radical (unpaired) electrons. The molecule has 1 unspecified atom stereocenters. The number of pyridine rings is 1. The van der Waals surface area contributed by atoms with Gasteiger partial charge in [0.15, 0.2) is 12.0 Å². The Labute approximate surface area is 161 Å². The number of aliphatic hydroxyl groups is 1. The molecular weight excluding hydrogens is 352 g/mol. The van der Waals surface area contributed by atoms with E-state index in [1.807, 2.05) is 48.5 Å². The van der Waals surface area contributed by atoms with Crippen LogP contribution in [0.5, 0.6) is 5.75 Å². The van der Waals surface area contributed by atoms with E-state index in [2.05, 4.69) is 10.3 Å². The Kier molecular flexibility index (Phi) is 4.74. The van der Waals surface area contributed by atoms with Crippen molar-refractivity contribution in [3.63, 3.8) is 0 Å². The van der Waals surface area contributed by atoms with Crippen molar-refractivity contribution in [1.29, 1.82) is 0 Å². The quantitative estimate of drug-likeness (QED) is 0.278. The molecule has 0 spiro atoms. The number of anilines is 1. The van der Waals surface area contributed by atoms with Gasteiger partial charge in [0.25, 0.3) is 0 Å². The molecule has 3 aromatic carbocycles. The molecule has 1 atom stereocenters. The highest BCUT2D eigenvalue weighted by atomic mass is 16.3. The fourth-order valence-corrected chi connectivity index (χ4v) is 3.07. The molecule has 5 heteroatoms. The fraction of sp³-hybridized carbons (Fsp3) is 0.0435. The predicted octanol–water partition coefficient (Wildman–Crippen LogP) is 4.22. The van der Waals surface area contributed by atoms with Gasteiger partial charge in [0, 0.05) is 17.1 Å². The van der Waals surface area contributed by atoms with Crippen LogP contribution in [0.1, 0.15) is 10.4 Å². The van der Waals surface area contributed by atoms with E-state index in [1.165, 1.54) is 0 Å². The SMILES string of the molecule is O=C(c1ccc(-c2ccccc2)cc1)C(O)Nc1ccc2cccnc2c1O. The number of Topliss-reactive ketones (excluding diaryl/α,β-unsaturated/α-hetero) is 1. The molecule has 4 aromatic rings. The number of rotatable bonds is 5. The number of nitrogens with one attached hydrogen (secondary N) is 1. The standard InChI is InChI=1S/C23H18N2O3/c26-21(18-10-8-16(9-11-18)15-5-2-1-3-6-15)23(28)25-19-13-12-17-7-4-14-24-20(17)22(19)27/h1-14,23,25,27-28H. The van der Waals surface area contributed by atoms with Crippen LogP contribution in [0.15, 0.2) is 85.1 Å². The Balaban J connectivity index is 1.53. The number of benzene rings is 3. The van der Waals surface area contributed by atoms with Crippen LogP contribution in [0.4, 0.5) is 5.69 Å². The number of aromatic nitrogens is 1. The van der Waals surface area contributed by atoms with Crippen LogP contribution >= 0.6 is 0 Å². The summed E-state index contributed by atoms with van der Waals surface area (Å²) in [7, 11) is 0. The molecule has 0 aliphatic heterocycles. The van der Waals surface area contributed by atoms with Crippen molar-refractivity contribution in [3.05, 3.63) is 90.6 Å². The molecule has 0 amide bonds. The minimum atomic E-state index is -1.49. The van der Waals surface area contributed by atoms with Crippen LogP contribution in [-0.2, 0) is 0 Å². The molecule has 138 valence electrons. The van der Waals surface area contributed by atoms with Crippen LogP contribution in [0.3, 0.4) is 0 Å². The first kappa shape index (κ1) is 17.7. The molecule has 1 heterocycles. The maximum atomic E-state index is 12.6. The molecule has 4 rings (SSSR count). The fourth-order valence-electron chi connectivity index (χ4n) is 3.07. The van der Waals surface area contributed by atoms with Crippen molar-refractivity contribution in [2.24, 2.45) is 0 Å². The summed E-state index contributed by atoms with van der Waals surface area (Å²) >= 11 is 0. The number of carbonyl (C=O) groups is 1. The zero-order valence-electron chi connectivity index (χ0n) is 14.9. The van der Waals surface area contributed by atoms with E-state index in [0.29, 0.717) is 11.1 Å². The lowest BCUT2D eigenvalue weighted by molar-refractivity contribution is 0.0793. The van der Waals surface area contributed by atoms with E-state index < -0.39 is 12.0 Å². The second kappa shape index (κ2) is 7.50. The van der Waals surface area contributed by atoms with Gasteiger partial charge in [-0.3, -0.25) is 9.78 Å². The lowest BCUT2D eigenvalue weighted by Crippen LogP contribution is -2.29. The number of ketones is 1. The topological polar surface area (TPSA) is 82.5 Å². The normalized spacial score (nSPS) is 11.9. The Morgan fingerprint density at radius 1 is 0.857 bits per heavy atom. The molecule has 0 aliphatic carbocycles. The number of fused-ring (bicyclic) bond motifs is 1. The summed E-state index contributed by atoms with van der Waals surface area (Å²) in [4.78, 5) is 16.7. The van der Waals surface area contributed by atoms with Gasteiger partial charge in [0.2, 0.25) is 5.78 Å². The Morgan fingerprint density at radius 3 is 2.32 bits per heavy atom. The second-order valence-electron chi connectivity index (χ2n) is 6.39. The van der Waals surface area contributed by atoms with Gasteiger partial charge >= 0.3 is 0 Å². The van der Waals surface area contributed by atoms with Gasteiger partial charge in [0.1, 0.15) is 5.52 Å². The molecule has 0 saturated heterocycles. The molecule has 0 aliphatic rings. The first-order valence-corrected chi connectivity index (χ1v) is 8.84. The predicted molar refractivity (Wildman–Crippen MR) is 109 cm³/mol. The number of phenols is 1. The van der Waals surface area contributed by atoms with Crippen LogP contribution in [-0.4, -0.2) is 27.2 Å². The highest BCUT2D eigenvalue weighted by Crippen LogP contribution is 2.31. The van der Waals surface area contributed by atoms with E-state index in [0.717, 1.165) is 16.5 Å². The maximum absolute atomic E-state index is 12.6. The minimum absolute atomic E-state index is 0.107. The third-order valence-corrected chi connectivity index (χ3v) is 4.57. The third kappa shape index (κ3) is 3.43. The second-order valence-corrected chi connectivity index (χ2v) is 6.39. The zero-order valence-corrected chi connectivity index (χ0v) is 14.9. The van der Waals surface area contributed by atoms with E-state index in [4.69, 9.17) is 0 Å². The van der Waals surface area contributed by atoms with E-state index in [9.17, 15) is 15.0 Å². The number of hydrogen-bond donors (Lipinski definition) is 3. The average molecular weight is 370 g/mol. The summed E-state index contributed by atoms with van der Waals surface area (Å²) in [5, 5.41) is 24.1. The number of aliphatic hydroxyl groups excluding tert-OH is 1. The number of nitrogens with zero attached hydrogens (tertiary/aromatic N) is 1. The third-order valence-electron chi connectivity index (χ3n) is 4.57. The lowest BCUT2D eigenvalue weighted by atomic mass is 10.0. The van der Waals surface area contributed by atoms with Gasteiger partial charge in [-0.1, -0.05) is 66.7 Å². The smallest absolute Gasteiger partial charge is 0.211 e. The summed E-state index contributed by atoms with van der Waals surface area (Å²) in [6, 6.07) is 23.8. The summed E-state index contributed by atoms with van der Waals surface area (Å²) in [5.74, 6) is -0.593. The molecule has 5 nitrogen and oxygen atoms in total. The van der Waals surface area contributed by atoms with Crippen molar-refractivity contribution in [1.82, 2.24) is 4.98 Å². The summed E-state index contributed by atoms with van der Waals surface area (Å²) < 4.78 is 0. The van der Waals surface area contributed by atoms with Crippen LogP contribution < -0.4 is 5.32 Å². The Morgan fingerprint density at radius 2 is 1.57 bits per heavy atom. The van der Waals surface area contributed by atoms with Gasteiger partial charge < -0.3 is 15.5 Å². The molecular formula is C23H18N2O3. The van der Waals surface area contributed by atoms with Gasteiger partial charge in [-0.05, 0) is 23.3 Å². The average Bonchev–Trinajstić information content (AvgIpc) is 2.76.